The fraction of sp³-hybridized carbons (Fsp3) is 0.448. The maximum atomic E-state index is 13.2. The monoisotopic (exact) mass is 525 g/mol. The van der Waals surface area contributed by atoms with Crippen molar-refractivity contribution in [1.82, 2.24) is 4.72 Å². The van der Waals surface area contributed by atoms with Crippen LogP contribution in [0.15, 0.2) is 71.6 Å². The van der Waals surface area contributed by atoms with Crippen LogP contribution in [0.4, 0.5) is 0 Å². The number of sulfonamides is 1. The van der Waals surface area contributed by atoms with E-state index in [-0.39, 0.29) is 16.4 Å². The van der Waals surface area contributed by atoms with Crippen molar-refractivity contribution in [2.45, 2.75) is 67.9 Å². The molecule has 5 rings (SSSR count). The van der Waals surface area contributed by atoms with Gasteiger partial charge in [0.05, 0.1) is 15.9 Å². The van der Waals surface area contributed by atoms with Gasteiger partial charge in [-0.1, -0.05) is 79.9 Å². The van der Waals surface area contributed by atoms with E-state index in [2.05, 4.69) is 16.9 Å². The summed E-state index contributed by atoms with van der Waals surface area (Å²) < 4.78 is 54.5. The lowest BCUT2D eigenvalue weighted by Gasteiger charge is -2.42. The van der Waals surface area contributed by atoms with Crippen molar-refractivity contribution in [3.8, 4) is 0 Å². The minimum absolute atomic E-state index is 0.0784. The first-order chi connectivity index (χ1) is 17.3. The lowest BCUT2D eigenvalue weighted by Crippen LogP contribution is -2.43. The number of hydrogen-bond acceptors (Lipinski definition) is 4. The van der Waals surface area contributed by atoms with Crippen LogP contribution < -0.4 is 4.72 Å². The highest BCUT2D eigenvalue weighted by molar-refractivity contribution is 7.92. The molecule has 192 valence electrons. The fourth-order valence-corrected chi connectivity index (χ4v) is 9.07. The van der Waals surface area contributed by atoms with E-state index in [1.807, 2.05) is 42.5 Å². The lowest BCUT2D eigenvalue weighted by molar-refractivity contribution is 0.139. The predicted octanol–water partition coefficient (Wildman–Crippen LogP) is 5.43. The molecule has 0 amide bonds. The molecule has 2 aliphatic rings. The number of benzene rings is 3. The van der Waals surface area contributed by atoms with Crippen LogP contribution in [0.3, 0.4) is 0 Å². The molecule has 7 heteroatoms. The lowest BCUT2D eigenvalue weighted by atomic mass is 9.65. The zero-order valence-electron chi connectivity index (χ0n) is 20.7. The smallest absolute Gasteiger partial charge is 0.229 e. The van der Waals surface area contributed by atoms with Crippen LogP contribution in [-0.4, -0.2) is 34.4 Å². The molecule has 0 aromatic heterocycles. The van der Waals surface area contributed by atoms with Gasteiger partial charge in [-0.3, -0.25) is 0 Å². The van der Waals surface area contributed by atoms with E-state index in [1.165, 1.54) is 5.56 Å². The summed E-state index contributed by atoms with van der Waals surface area (Å²) in [4.78, 5) is 0.326. The molecule has 2 saturated carbocycles. The molecular weight excluding hydrogens is 490 g/mol. The number of rotatable bonds is 10. The van der Waals surface area contributed by atoms with Crippen molar-refractivity contribution >= 4 is 30.6 Å². The van der Waals surface area contributed by atoms with Crippen LogP contribution in [-0.2, 0) is 32.7 Å². The molecule has 2 fully saturated rings. The van der Waals surface area contributed by atoms with Gasteiger partial charge in [0.2, 0.25) is 10.0 Å². The first-order valence-electron chi connectivity index (χ1n) is 13.0. The molecule has 36 heavy (non-hydrogen) atoms. The van der Waals surface area contributed by atoms with Gasteiger partial charge in [-0.2, -0.15) is 0 Å². The third-order valence-electron chi connectivity index (χ3n) is 8.18. The average molecular weight is 526 g/mol. The number of nitrogens with one attached hydrogen (secondary N) is 1. The topological polar surface area (TPSA) is 80.3 Å². The van der Waals surface area contributed by atoms with Gasteiger partial charge in [-0.05, 0) is 66.5 Å². The Morgan fingerprint density at radius 3 is 2.14 bits per heavy atom. The summed E-state index contributed by atoms with van der Waals surface area (Å²) in [6.07, 6.45) is 8.13. The van der Waals surface area contributed by atoms with Crippen LogP contribution >= 0.6 is 0 Å². The SMILES string of the molecule is O=S(=O)(NCC1(Cc2ccc(CCS(=O)(=O)C3CCCC3)cc2)CCC1)c1cccc2ccccc12. The Morgan fingerprint density at radius 1 is 0.778 bits per heavy atom. The summed E-state index contributed by atoms with van der Waals surface area (Å²) in [7, 11) is -6.65. The van der Waals surface area contributed by atoms with E-state index < -0.39 is 19.9 Å². The van der Waals surface area contributed by atoms with E-state index in [9.17, 15) is 16.8 Å². The average Bonchev–Trinajstić information content (AvgIpc) is 3.41. The minimum Gasteiger partial charge on any atom is -0.229 e. The summed E-state index contributed by atoms with van der Waals surface area (Å²) in [6, 6.07) is 21.2. The largest absolute Gasteiger partial charge is 0.241 e. The Labute approximate surface area is 215 Å². The van der Waals surface area contributed by atoms with Gasteiger partial charge in [0.25, 0.3) is 0 Å². The Bertz CT molecular complexity index is 1410. The van der Waals surface area contributed by atoms with Gasteiger partial charge in [0.15, 0.2) is 9.84 Å². The maximum absolute atomic E-state index is 13.2. The van der Waals surface area contributed by atoms with Crippen molar-refractivity contribution in [3.05, 3.63) is 77.9 Å². The third kappa shape index (κ3) is 5.53. The molecule has 5 nitrogen and oxygen atoms in total. The van der Waals surface area contributed by atoms with E-state index >= 15 is 0 Å². The van der Waals surface area contributed by atoms with Gasteiger partial charge in [-0.25, -0.2) is 21.6 Å². The second-order valence-corrected chi connectivity index (χ2v) is 14.8. The van der Waals surface area contributed by atoms with E-state index in [4.69, 9.17) is 0 Å². The van der Waals surface area contributed by atoms with Crippen molar-refractivity contribution in [2.24, 2.45) is 5.41 Å². The van der Waals surface area contributed by atoms with Crippen LogP contribution in [0.1, 0.15) is 56.1 Å². The van der Waals surface area contributed by atoms with Crippen LogP contribution in [0.2, 0.25) is 0 Å². The molecule has 0 unspecified atom stereocenters. The molecule has 1 N–H and O–H groups in total. The molecule has 0 atom stereocenters. The van der Waals surface area contributed by atoms with E-state index in [0.717, 1.165) is 67.7 Å². The van der Waals surface area contributed by atoms with E-state index in [0.29, 0.717) is 17.9 Å². The standard InChI is InChI=1S/C29H35NO4S2/c31-35(32,26-9-2-3-10-26)20-17-23-13-15-24(16-14-23)21-29(18-6-19-29)22-30-36(33,34)28-12-5-8-25-7-1-4-11-27(25)28/h1,4-5,7-8,11-16,26,30H,2-3,6,9-10,17-22H2. The minimum atomic E-state index is -3.63. The third-order valence-corrected chi connectivity index (χ3v) is 11.9. The number of hydrogen-bond donors (Lipinski definition) is 1. The number of sulfone groups is 1. The van der Waals surface area contributed by atoms with Crippen molar-refractivity contribution in [1.29, 1.82) is 0 Å². The van der Waals surface area contributed by atoms with E-state index in [1.54, 1.807) is 12.1 Å². The second kappa shape index (κ2) is 10.3. The quantitative estimate of drug-likeness (QED) is 0.383. The highest BCUT2D eigenvalue weighted by Gasteiger charge is 2.38. The normalized spacial score (nSPS) is 18.3. The van der Waals surface area contributed by atoms with Crippen LogP contribution in [0.25, 0.3) is 10.8 Å². The molecule has 0 aliphatic heterocycles. The Kier molecular flexibility index (Phi) is 7.25. The first-order valence-corrected chi connectivity index (χ1v) is 16.2. The predicted molar refractivity (Wildman–Crippen MR) is 145 cm³/mol. The number of fused-ring (bicyclic) bond motifs is 1. The molecule has 3 aromatic carbocycles. The highest BCUT2D eigenvalue weighted by atomic mass is 32.2. The van der Waals surface area contributed by atoms with Crippen molar-refractivity contribution in [2.75, 3.05) is 12.3 Å². The van der Waals surface area contributed by atoms with Gasteiger partial charge in [0.1, 0.15) is 0 Å². The second-order valence-electron chi connectivity index (χ2n) is 10.7. The summed E-state index contributed by atoms with van der Waals surface area (Å²) in [5.74, 6) is 0.219. The summed E-state index contributed by atoms with van der Waals surface area (Å²) in [5, 5.41) is 1.50. The molecule has 0 spiro atoms. The van der Waals surface area contributed by atoms with Gasteiger partial charge >= 0.3 is 0 Å². The molecule has 0 bridgehead atoms. The zero-order chi connectivity index (χ0) is 25.2. The maximum Gasteiger partial charge on any atom is 0.241 e. The fourth-order valence-electron chi connectivity index (χ4n) is 5.78. The Balaban J connectivity index is 1.22. The van der Waals surface area contributed by atoms with Gasteiger partial charge in [0, 0.05) is 11.9 Å². The first kappa shape index (κ1) is 25.4. The Hall–Kier alpha value is -2.22. The highest BCUT2D eigenvalue weighted by Crippen LogP contribution is 2.43. The van der Waals surface area contributed by atoms with Gasteiger partial charge in [-0.15, -0.1) is 0 Å². The zero-order valence-corrected chi connectivity index (χ0v) is 22.3. The van der Waals surface area contributed by atoms with Crippen molar-refractivity contribution < 1.29 is 16.8 Å². The molecular formula is C29H35NO4S2. The summed E-state index contributed by atoms with van der Waals surface area (Å²) in [6.45, 7) is 0.417. The van der Waals surface area contributed by atoms with Crippen LogP contribution in [0, 0.1) is 5.41 Å². The molecule has 3 aromatic rings. The van der Waals surface area contributed by atoms with Crippen molar-refractivity contribution in [3.63, 3.8) is 0 Å². The van der Waals surface area contributed by atoms with Gasteiger partial charge < -0.3 is 0 Å². The molecule has 0 saturated heterocycles. The Morgan fingerprint density at radius 2 is 1.44 bits per heavy atom. The summed E-state index contributed by atoms with van der Waals surface area (Å²) >= 11 is 0. The molecule has 0 heterocycles. The summed E-state index contributed by atoms with van der Waals surface area (Å²) in [5.41, 5.74) is 2.13. The van der Waals surface area contributed by atoms with Crippen LogP contribution in [0.5, 0.6) is 0 Å². The number of aryl methyl sites for hydroxylation is 1. The molecule has 0 radical (unpaired) electrons. The molecule has 2 aliphatic carbocycles.